The van der Waals surface area contributed by atoms with E-state index in [0.717, 1.165) is 21.5 Å². The molecular weight excluding hydrogens is 459 g/mol. The molecule has 10 nitrogen and oxygen atoms in total. The van der Waals surface area contributed by atoms with Crippen LogP contribution >= 0.6 is 11.3 Å². The molecule has 0 fully saturated rings. The van der Waals surface area contributed by atoms with Gasteiger partial charge in [-0.3, -0.25) is 25.1 Å². The third-order valence-corrected chi connectivity index (χ3v) is 6.26. The Balaban J connectivity index is 1.26. The number of hydrogen-bond acceptors (Lipinski definition) is 7. The topological polar surface area (TPSA) is 120 Å². The Hall–Kier alpha value is -4.45. The lowest BCUT2D eigenvalue weighted by Crippen LogP contribution is -2.41. The predicted molar refractivity (Wildman–Crippen MR) is 122 cm³/mol. The molecule has 0 unspecified atom stereocenters. The van der Waals surface area contributed by atoms with Gasteiger partial charge >= 0.3 is 0 Å². The van der Waals surface area contributed by atoms with Crippen molar-refractivity contribution in [2.45, 2.75) is 13.5 Å². The molecule has 3 aromatic heterocycles. The van der Waals surface area contributed by atoms with Gasteiger partial charge in [-0.2, -0.15) is 5.10 Å². The molecule has 0 radical (unpaired) electrons. The SMILES string of the molecule is Cc1nn(Cc2ccc(F)cc2)c2sc(C(=O)NNC(=O)c3ccc(-n4cnnn4)cc3)cc12. The lowest BCUT2D eigenvalue weighted by Gasteiger charge is -2.07. The van der Waals surface area contributed by atoms with E-state index < -0.39 is 11.8 Å². The minimum absolute atomic E-state index is 0.300. The normalized spacial score (nSPS) is 11.0. The summed E-state index contributed by atoms with van der Waals surface area (Å²) in [4.78, 5) is 26.3. The number of aromatic nitrogens is 6. The second-order valence-corrected chi connectivity index (χ2v) is 8.44. The van der Waals surface area contributed by atoms with Crippen LogP contribution < -0.4 is 10.9 Å². The Morgan fingerprint density at radius 3 is 2.47 bits per heavy atom. The highest BCUT2D eigenvalue weighted by Crippen LogP contribution is 2.28. The van der Waals surface area contributed by atoms with Crippen LogP contribution in [0.15, 0.2) is 60.9 Å². The maximum absolute atomic E-state index is 13.2. The monoisotopic (exact) mass is 476 g/mol. The number of aryl methyl sites for hydroxylation is 1. The van der Waals surface area contributed by atoms with Crippen LogP contribution in [0.5, 0.6) is 0 Å². The summed E-state index contributed by atoms with van der Waals surface area (Å²) < 4.78 is 16.4. The van der Waals surface area contributed by atoms with E-state index in [1.54, 1.807) is 47.1 Å². The Bertz CT molecular complexity index is 1470. The molecule has 5 rings (SSSR count). The maximum Gasteiger partial charge on any atom is 0.279 e. The van der Waals surface area contributed by atoms with E-state index >= 15 is 0 Å². The van der Waals surface area contributed by atoms with E-state index in [1.165, 1.54) is 34.5 Å². The van der Waals surface area contributed by atoms with Gasteiger partial charge in [-0.05, 0) is 65.4 Å². The number of nitrogens with zero attached hydrogens (tertiary/aromatic N) is 6. The molecule has 0 aliphatic rings. The highest BCUT2D eigenvalue weighted by Gasteiger charge is 2.17. The fourth-order valence-corrected chi connectivity index (χ4v) is 4.44. The van der Waals surface area contributed by atoms with Crippen molar-refractivity contribution >= 4 is 33.4 Å². The van der Waals surface area contributed by atoms with Crippen molar-refractivity contribution in [1.29, 1.82) is 0 Å². The lowest BCUT2D eigenvalue weighted by atomic mass is 10.2. The number of halogens is 1. The molecule has 0 bridgehead atoms. The number of thiophene rings is 1. The highest BCUT2D eigenvalue weighted by atomic mass is 32.1. The smallest absolute Gasteiger partial charge is 0.267 e. The summed E-state index contributed by atoms with van der Waals surface area (Å²) in [5, 5.41) is 16.3. The number of hydrogen-bond donors (Lipinski definition) is 2. The number of tetrazole rings is 1. The van der Waals surface area contributed by atoms with Crippen LogP contribution in [0.2, 0.25) is 0 Å². The molecule has 2 N–H and O–H groups in total. The first-order valence-corrected chi connectivity index (χ1v) is 10.9. The summed E-state index contributed by atoms with van der Waals surface area (Å²) in [5.74, 6) is -1.20. The number of rotatable bonds is 5. The Morgan fingerprint density at radius 2 is 1.76 bits per heavy atom. The van der Waals surface area contributed by atoms with Crippen molar-refractivity contribution in [3.8, 4) is 5.69 Å². The molecule has 3 heterocycles. The molecule has 0 aliphatic heterocycles. The van der Waals surface area contributed by atoms with Gasteiger partial charge in [0.05, 0.1) is 22.8 Å². The molecule has 0 aliphatic carbocycles. The fourth-order valence-electron chi connectivity index (χ4n) is 3.39. The van der Waals surface area contributed by atoms with Gasteiger partial charge in [0, 0.05) is 10.9 Å². The summed E-state index contributed by atoms with van der Waals surface area (Å²) in [6.07, 6.45) is 1.45. The minimum Gasteiger partial charge on any atom is -0.267 e. The standard InChI is InChI=1S/C22H17FN8O2S/c1-13-18-10-19(34-22(18)30(27-13)11-14-2-6-16(23)7-3-14)21(33)26-25-20(32)15-4-8-17(9-5-15)31-12-24-28-29-31/h2-10,12H,11H2,1H3,(H,25,32)(H,26,33). The molecule has 0 atom stereocenters. The third kappa shape index (κ3) is 4.26. The highest BCUT2D eigenvalue weighted by molar-refractivity contribution is 7.20. The Morgan fingerprint density at radius 1 is 1.03 bits per heavy atom. The number of hydrazine groups is 1. The zero-order valence-electron chi connectivity index (χ0n) is 17.8. The van der Waals surface area contributed by atoms with Gasteiger partial charge in [-0.1, -0.05) is 12.1 Å². The average Bonchev–Trinajstić information content (AvgIpc) is 3.58. The van der Waals surface area contributed by atoms with Gasteiger partial charge in [0.1, 0.15) is 17.0 Å². The Labute approximate surface area is 196 Å². The summed E-state index contributed by atoms with van der Waals surface area (Å²) in [6, 6.07) is 14.5. The maximum atomic E-state index is 13.2. The predicted octanol–water partition coefficient (Wildman–Crippen LogP) is 2.64. The van der Waals surface area contributed by atoms with Crippen molar-refractivity contribution in [3.63, 3.8) is 0 Å². The minimum atomic E-state index is -0.462. The zero-order valence-corrected chi connectivity index (χ0v) is 18.6. The van der Waals surface area contributed by atoms with Crippen molar-refractivity contribution in [3.05, 3.63) is 88.4 Å². The summed E-state index contributed by atoms with van der Waals surface area (Å²) in [5.41, 5.74) is 7.60. The van der Waals surface area contributed by atoms with E-state index in [1.807, 2.05) is 6.92 Å². The number of nitrogens with one attached hydrogen (secondary N) is 2. The fraction of sp³-hybridized carbons (Fsp3) is 0.0909. The molecule has 2 aromatic carbocycles. The number of carbonyl (C=O) groups excluding carboxylic acids is 2. The second-order valence-electron chi connectivity index (χ2n) is 7.41. The molecule has 12 heteroatoms. The van der Waals surface area contributed by atoms with Crippen molar-refractivity contribution < 1.29 is 14.0 Å². The van der Waals surface area contributed by atoms with Gasteiger partial charge in [0.2, 0.25) is 0 Å². The van der Waals surface area contributed by atoms with Crippen molar-refractivity contribution in [1.82, 2.24) is 40.8 Å². The van der Waals surface area contributed by atoms with Gasteiger partial charge in [-0.25, -0.2) is 9.07 Å². The molecule has 0 saturated heterocycles. The second kappa shape index (κ2) is 8.83. The molecule has 2 amide bonds. The van der Waals surface area contributed by atoms with Crippen LogP contribution in [0.4, 0.5) is 4.39 Å². The van der Waals surface area contributed by atoms with E-state index in [4.69, 9.17) is 0 Å². The number of fused-ring (bicyclic) bond motifs is 1. The number of carbonyl (C=O) groups is 2. The van der Waals surface area contributed by atoms with E-state index in [2.05, 4.69) is 31.5 Å². The van der Waals surface area contributed by atoms with Gasteiger partial charge < -0.3 is 0 Å². The van der Waals surface area contributed by atoms with Crippen LogP contribution in [0.25, 0.3) is 15.9 Å². The van der Waals surface area contributed by atoms with Crippen LogP contribution in [0.3, 0.4) is 0 Å². The first-order chi connectivity index (χ1) is 16.5. The van der Waals surface area contributed by atoms with E-state index in [0.29, 0.717) is 22.7 Å². The summed E-state index contributed by atoms with van der Waals surface area (Å²) >= 11 is 1.26. The lowest BCUT2D eigenvalue weighted by molar-refractivity contribution is 0.0849. The molecule has 170 valence electrons. The Kier molecular flexibility index (Phi) is 5.55. The molecule has 5 aromatic rings. The molecule has 0 saturated carbocycles. The van der Waals surface area contributed by atoms with Gasteiger partial charge in [0.15, 0.2) is 0 Å². The first kappa shape index (κ1) is 21.4. The zero-order chi connectivity index (χ0) is 23.7. The average molecular weight is 476 g/mol. The van der Waals surface area contributed by atoms with Crippen LogP contribution in [0, 0.1) is 12.7 Å². The molecule has 0 spiro atoms. The van der Waals surface area contributed by atoms with Gasteiger partial charge in [-0.15, -0.1) is 16.4 Å². The summed E-state index contributed by atoms with van der Waals surface area (Å²) in [7, 11) is 0. The van der Waals surface area contributed by atoms with Crippen LogP contribution in [-0.2, 0) is 6.54 Å². The molecule has 34 heavy (non-hydrogen) atoms. The van der Waals surface area contributed by atoms with Crippen molar-refractivity contribution in [2.75, 3.05) is 0 Å². The number of amides is 2. The van der Waals surface area contributed by atoms with E-state index in [-0.39, 0.29) is 5.82 Å². The first-order valence-electron chi connectivity index (χ1n) is 10.1. The largest absolute Gasteiger partial charge is 0.279 e. The van der Waals surface area contributed by atoms with Crippen LogP contribution in [0.1, 0.15) is 31.3 Å². The quantitative estimate of drug-likeness (QED) is 0.377. The van der Waals surface area contributed by atoms with Gasteiger partial charge in [0.25, 0.3) is 11.8 Å². The molecular formula is C22H17FN8O2S. The van der Waals surface area contributed by atoms with Crippen LogP contribution in [-0.4, -0.2) is 41.8 Å². The van der Waals surface area contributed by atoms with E-state index in [9.17, 15) is 14.0 Å². The van der Waals surface area contributed by atoms with Crippen molar-refractivity contribution in [2.24, 2.45) is 0 Å². The summed E-state index contributed by atoms with van der Waals surface area (Å²) in [6.45, 7) is 2.31. The third-order valence-electron chi connectivity index (χ3n) is 5.11. The number of benzene rings is 2.